The van der Waals surface area contributed by atoms with Crippen molar-refractivity contribution in [2.24, 2.45) is 0 Å². The molecule has 5 nitrogen and oxygen atoms in total. The maximum absolute atomic E-state index is 6.17. The number of aromatic nitrogens is 2. The number of likely N-dealkylation sites (N-methyl/N-ethyl adjacent to an activating group) is 2. The Morgan fingerprint density at radius 1 is 0.857 bits per heavy atom. The van der Waals surface area contributed by atoms with Gasteiger partial charge in [0.05, 0.1) is 21.1 Å². The zero-order chi connectivity index (χ0) is 20.3. The van der Waals surface area contributed by atoms with E-state index >= 15 is 0 Å². The van der Waals surface area contributed by atoms with Crippen LogP contribution in [0.3, 0.4) is 0 Å². The number of halogens is 2. The Bertz CT molecular complexity index is 885. The first-order chi connectivity index (χ1) is 13.3. The van der Waals surface area contributed by atoms with Crippen molar-refractivity contribution < 1.29 is 0 Å². The highest BCUT2D eigenvalue weighted by Gasteiger charge is 2.16. The summed E-state index contributed by atoms with van der Waals surface area (Å²) in [6, 6.07) is 12.0. The zero-order valence-electron chi connectivity index (χ0n) is 16.8. The first kappa shape index (κ1) is 20.9. The molecule has 0 aliphatic rings. The molecule has 1 N–H and O–H groups in total. The van der Waals surface area contributed by atoms with E-state index in [9.17, 15) is 0 Å². The lowest BCUT2D eigenvalue weighted by Gasteiger charge is -2.29. The molecule has 0 saturated carbocycles. The second-order valence-corrected chi connectivity index (χ2v) is 8.29. The Labute approximate surface area is 176 Å². The molecule has 0 unspecified atom stereocenters. The lowest BCUT2D eigenvalue weighted by atomic mass is 10.1. The number of fused-ring (bicyclic) bond motifs is 1. The minimum atomic E-state index is 0.513. The van der Waals surface area contributed by atoms with Crippen LogP contribution >= 0.6 is 23.2 Å². The molecule has 1 heterocycles. The van der Waals surface area contributed by atoms with Crippen LogP contribution in [0.15, 0.2) is 36.4 Å². The normalized spacial score (nSPS) is 11.7. The van der Waals surface area contributed by atoms with Crippen molar-refractivity contribution in [3.63, 3.8) is 0 Å². The predicted molar refractivity (Wildman–Crippen MR) is 121 cm³/mol. The van der Waals surface area contributed by atoms with E-state index in [1.54, 1.807) is 6.07 Å². The summed E-state index contributed by atoms with van der Waals surface area (Å²) in [6.45, 7) is 3.84. The van der Waals surface area contributed by atoms with Crippen LogP contribution in [0.1, 0.15) is 0 Å². The number of rotatable bonds is 8. The number of H-pyrrole nitrogens is 1. The van der Waals surface area contributed by atoms with E-state index in [4.69, 9.17) is 28.2 Å². The molecule has 28 heavy (non-hydrogen) atoms. The molecule has 0 bridgehead atoms. The molecule has 0 saturated heterocycles. The van der Waals surface area contributed by atoms with Crippen LogP contribution in [-0.2, 0) is 0 Å². The maximum Gasteiger partial charge on any atom is 0.140 e. The fourth-order valence-corrected chi connectivity index (χ4v) is 3.40. The van der Waals surface area contributed by atoms with Crippen molar-refractivity contribution in [2.45, 2.75) is 0 Å². The number of imidazole rings is 1. The lowest BCUT2D eigenvalue weighted by Crippen LogP contribution is -2.36. The Morgan fingerprint density at radius 3 is 2.11 bits per heavy atom. The average Bonchev–Trinajstić information content (AvgIpc) is 3.04. The molecule has 3 aromatic rings. The van der Waals surface area contributed by atoms with Gasteiger partial charge in [-0.05, 0) is 52.5 Å². The average molecular weight is 420 g/mol. The van der Waals surface area contributed by atoms with Gasteiger partial charge in [0.25, 0.3) is 0 Å². The van der Waals surface area contributed by atoms with Crippen molar-refractivity contribution in [1.29, 1.82) is 0 Å². The number of nitrogens with zero attached hydrogens (tertiary/aromatic N) is 4. The molecule has 0 spiro atoms. The number of aromatic amines is 1. The van der Waals surface area contributed by atoms with Gasteiger partial charge < -0.3 is 19.7 Å². The second-order valence-electron chi connectivity index (χ2n) is 7.48. The fourth-order valence-electron chi connectivity index (χ4n) is 3.08. The summed E-state index contributed by atoms with van der Waals surface area (Å²) in [5.41, 5.74) is 3.94. The highest BCUT2D eigenvalue weighted by atomic mass is 35.5. The van der Waals surface area contributed by atoms with Gasteiger partial charge in [-0.2, -0.15) is 0 Å². The summed E-state index contributed by atoms with van der Waals surface area (Å²) in [5.74, 6) is 0.823. The molecule has 3 rings (SSSR count). The Hall–Kier alpha value is -1.79. The first-order valence-electron chi connectivity index (χ1n) is 9.33. The van der Waals surface area contributed by atoms with Gasteiger partial charge in [-0.25, -0.2) is 4.98 Å². The number of para-hydroxylation sites is 1. The molecular weight excluding hydrogens is 393 g/mol. The standard InChI is InChI=1S/C21H27Cl2N5/c1-26(2)9-11-28(12-10-27(3)4)20-8-6-5-7-15(20)21-24-18-13-16(22)17(23)14-19(18)25-21/h5-8,13-14H,9-12H2,1-4H3,(H,24,25). The van der Waals surface area contributed by atoms with Crippen molar-refractivity contribution in [3.8, 4) is 11.4 Å². The van der Waals surface area contributed by atoms with E-state index in [1.165, 1.54) is 5.69 Å². The Morgan fingerprint density at radius 2 is 1.46 bits per heavy atom. The molecule has 2 aromatic carbocycles. The second kappa shape index (κ2) is 9.14. The van der Waals surface area contributed by atoms with Crippen molar-refractivity contribution in [1.82, 2.24) is 19.8 Å². The van der Waals surface area contributed by atoms with E-state index in [1.807, 2.05) is 12.1 Å². The number of nitrogens with one attached hydrogen (secondary N) is 1. The van der Waals surface area contributed by atoms with E-state index < -0.39 is 0 Å². The number of anilines is 1. The third-order valence-electron chi connectivity index (χ3n) is 4.66. The minimum absolute atomic E-state index is 0.513. The summed E-state index contributed by atoms with van der Waals surface area (Å²) in [5, 5.41) is 1.04. The van der Waals surface area contributed by atoms with E-state index in [-0.39, 0.29) is 0 Å². The zero-order valence-corrected chi connectivity index (χ0v) is 18.3. The van der Waals surface area contributed by atoms with Gasteiger partial charge >= 0.3 is 0 Å². The van der Waals surface area contributed by atoms with Crippen LogP contribution in [0.2, 0.25) is 10.0 Å². The van der Waals surface area contributed by atoms with Crippen LogP contribution in [0, 0.1) is 0 Å². The van der Waals surface area contributed by atoms with Gasteiger partial charge in [0.1, 0.15) is 5.82 Å². The SMILES string of the molecule is CN(C)CCN(CCN(C)C)c1ccccc1-c1nc2cc(Cl)c(Cl)cc2[nH]1. The van der Waals surface area contributed by atoms with Gasteiger partial charge in [-0.15, -0.1) is 0 Å². The van der Waals surface area contributed by atoms with Crippen molar-refractivity contribution >= 4 is 39.9 Å². The highest BCUT2D eigenvalue weighted by Crippen LogP contribution is 2.32. The van der Waals surface area contributed by atoms with Gasteiger partial charge in [0.2, 0.25) is 0 Å². The summed E-state index contributed by atoms with van der Waals surface area (Å²) in [4.78, 5) is 15.0. The predicted octanol–water partition coefficient (Wildman–Crippen LogP) is 4.47. The molecule has 0 fully saturated rings. The largest absolute Gasteiger partial charge is 0.368 e. The van der Waals surface area contributed by atoms with Crippen molar-refractivity contribution in [3.05, 3.63) is 46.4 Å². The van der Waals surface area contributed by atoms with E-state index in [2.05, 4.69) is 66.1 Å². The van der Waals surface area contributed by atoms with Crippen LogP contribution < -0.4 is 4.90 Å². The van der Waals surface area contributed by atoms with Crippen LogP contribution in [-0.4, -0.2) is 74.1 Å². The van der Waals surface area contributed by atoms with Crippen LogP contribution in [0.25, 0.3) is 22.4 Å². The molecule has 7 heteroatoms. The molecule has 150 valence electrons. The monoisotopic (exact) mass is 419 g/mol. The summed E-state index contributed by atoms with van der Waals surface area (Å²) in [7, 11) is 8.40. The topological polar surface area (TPSA) is 38.4 Å². The van der Waals surface area contributed by atoms with Gasteiger partial charge in [0.15, 0.2) is 0 Å². The Kier molecular flexibility index (Phi) is 6.83. The van der Waals surface area contributed by atoms with Crippen LogP contribution in [0.4, 0.5) is 5.69 Å². The minimum Gasteiger partial charge on any atom is -0.368 e. The fraction of sp³-hybridized carbons (Fsp3) is 0.381. The van der Waals surface area contributed by atoms with Crippen molar-refractivity contribution in [2.75, 3.05) is 59.3 Å². The number of hydrogen-bond donors (Lipinski definition) is 1. The molecule has 0 aliphatic carbocycles. The Balaban J connectivity index is 2.00. The molecule has 1 aromatic heterocycles. The van der Waals surface area contributed by atoms with Gasteiger partial charge in [0, 0.05) is 37.4 Å². The smallest absolute Gasteiger partial charge is 0.140 e. The van der Waals surface area contributed by atoms with Gasteiger partial charge in [-0.3, -0.25) is 0 Å². The lowest BCUT2D eigenvalue weighted by molar-refractivity contribution is 0.391. The molecule has 0 radical (unpaired) electrons. The molecule has 0 atom stereocenters. The quantitative estimate of drug-likeness (QED) is 0.584. The number of benzene rings is 2. The third kappa shape index (κ3) is 4.97. The van der Waals surface area contributed by atoms with E-state index in [0.29, 0.717) is 10.0 Å². The summed E-state index contributed by atoms with van der Waals surface area (Å²) < 4.78 is 0. The molecule has 0 amide bonds. The van der Waals surface area contributed by atoms with Crippen LogP contribution in [0.5, 0.6) is 0 Å². The highest BCUT2D eigenvalue weighted by molar-refractivity contribution is 6.42. The maximum atomic E-state index is 6.17. The molecular formula is C21H27Cl2N5. The van der Waals surface area contributed by atoms with Gasteiger partial charge in [-0.1, -0.05) is 35.3 Å². The number of hydrogen-bond acceptors (Lipinski definition) is 4. The molecule has 0 aliphatic heterocycles. The third-order valence-corrected chi connectivity index (χ3v) is 5.38. The first-order valence-corrected chi connectivity index (χ1v) is 10.1. The van der Waals surface area contributed by atoms with E-state index in [0.717, 1.165) is 48.6 Å². The summed E-state index contributed by atoms with van der Waals surface area (Å²) in [6.07, 6.45) is 0. The summed E-state index contributed by atoms with van der Waals surface area (Å²) >= 11 is 12.3.